The van der Waals surface area contributed by atoms with Crippen LogP contribution in [-0.4, -0.2) is 9.97 Å². The highest BCUT2D eigenvalue weighted by Crippen LogP contribution is 2.14. The minimum Gasteiger partial charge on any atom is -0.332 e. The van der Waals surface area contributed by atoms with Crippen molar-refractivity contribution in [3.63, 3.8) is 0 Å². The summed E-state index contributed by atoms with van der Waals surface area (Å²) in [4.78, 5) is 16.4. The molecule has 15 heavy (non-hydrogen) atoms. The maximum atomic E-state index is 12.7. The Morgan fingerprint density at radius 1 is 1.13 bits per heavy atom. The molecule has 0 saturated heterocycles. The van der Waals surface area contributed by atoms with Crippen molar-refractivity contribution in [2.24, 2.45) is 0 Å². The van der Waals surface area contributed by atoms with E-state index in [1.54, 1.807) is 12.1 Å². The van der Waals surface area contributed by atoms with Gasteiger partial charge in [-0.3, -0.25) is 9.78 Å². The van der Waals surface area contributed by atoms with Crippen molar-refractivity contribution in [1.29, 1.82) is 0 Å². The summed E-state index contributed by atoms with van der Waals surface area (Å²) in [6, 6.07) is 7.19. The first kappa shape index (κ1) is 9.79. The highest BCUT2D eigenvalue weighted by atomic mass is 32.1. The lowest BCUT2D eigenvalue weighted by molar-refractivity contribution is 0.628. The molecule has 0 atom stereocenters. The van der Waals surface area contributed by atoms with Gasteiger partial charge < -0.3 is 4.98 Å². The van der Waals surface area contributed by atoms with E-state index in [0.717, 1.165) is 0 Å². The van der Waals surface area contributed by atoms with Crippen LogP contribution in [0.1, 0.15) is 0 Å². The van der Waals surface area contributed by atoms with Gasteiger partial charge in [-0.1, -0.05) is 0 Å². The first-order valence-corrected chi connectivity index (χ1v) is 4.65. The summed E-state index contributed by atoms with van der Waals surface area (Å²) in [7, 11) is 0. The lowest BCUT2D eigenvalue weighted by atomic mass is 10.1. The molecular formula is C10H7FN2OS. The highest BCUT2D eigenvalue weighted by Gasteiger charge is 1.99. The predicted octanol–water partition coefficient (Wildman–Crippen LogP) is 2.24. The second kappa shape index (κ2) is 3.78. The van der Waals surface area contributed by atoms with Gasteiger partial charge in [-0.2, -0.15) is 0 Å². The topological polar surface area (TPSA) is 48.6 Å². The summed E-state index contributed by atoms with van der Waals surface area (Å²) >= 11 is 4.83. The normalized spacial score (nSPS) is 10.2. The lowest BCUT2D eigenvalue weighted by Crippen LogP contribution is -2.06. The fourth-order valence-electron chi connectivity index (χ4n) is 1.25. The van der Waals surface area contributed by atoms with Crippen LogP contribution >= 0.6 is 12.2 Å². The average molecular weight is 222 g/mol. The number of H-pyrrole nitrogens is 2. The number of hydrogen-bond donors (Lipinski definition) is 2. The summed E-state index contributed by atoms with van der Waals surface area (Å²) < 4.78 is 12.9. The molecule has 0 saturated carbocycles. The number of aromatic amines is 2. The van der Waals surface area contributed by atoms with Crippen molar-refractivity contribution in [2.45, 2.75) is 0 Å². The third-order valence-electron chi connectivity index (χ3n) is 1.92. The van der Waals surface area contributed by atoms with Gasteiger partial charge in [-0.05, 0) is 42.0 Å². The van der Waals surface area contributed by atoms with Crippen molar-refractivity contribution in [2.75, 3.05) is 0 Å². The van der Waals surface area contributed by atoms with Crippen LogP contribution in [0.3, 0.4) is 0 Å². The molecule has 0 fully saturated rings. The van der Waals surface area contributed by atoms with Crippen LogP contribution in [-0.2, 0) is 0 Å². The Labute approximate surface area is 89.6 Å². The van der Waals surface area contributed by atoms with Gasteiger partial charge in [0.1, 0.15) is 5.82 Å². The third-order valence-corrected chi connectivity index (χ3v) is 2.12. The predicted molar refractivity (Wildman–Crippen MR) is 57.6 cm³/mol. The first-order chi connectivity index (χ1) is 7.15. The number of aromatic nitrogens is 2. The van der Waals surface area contributed by atoms with Crippen molar-refractivity contribution in [3.05, 3.63) is 51.3 Å². The van der Waals surface area contributed by atoms with Gasteiger partial charge in [0.2, 0.25) is 0 Å². The molecule has 0 amide bonds. The molecule has 3 nitrogen and oxygen atoms in total. The van der Waals surface area contributed by atoms with Crippen molar-refractivity contribution in [3.8, 4) is 11.3 Å². The monoisotopic (exact) mass is 222 g/mol. The standard InChI is InChI=1S/C10H7FN2OS/c11-7-3-1-6(2-4-7)8-5-9(14)13-10(15)12-8/h1-5H,(H2,12,13,14,15). The quantitative estimate of drug-likeness (QED) is 0.727. The SMILES string of the molecule is O=c1cc(-c2ccc(F)cc2)[nH]c(=S)[nH]1. The van der Waals surface area contributed by atoms with E-state index in [9.17, 15) is 9.18 Å². The van der Waals surface area contributed by atoms with E-state index in [2.05, 4.69) is 9.97 Å². The van der Waals surface area contributed by atoms with E-state index >= 15 is 0 Å². The molecule has 76 valence electrons. The zero-order valence-corrected chi connectivity index (χ0v) is 8.40. The second-order valence-corrected chi connectivity index (χ2v) is 3.42. The molecule has 0 aliphatic carbocycles. The maximum absolute atomic E-state index is 12.7. The van der Waals surface area contributed by atoms with Crippen molar-refractivity contribution >= 4 is 12.2 Å². The van der Waals surface area contributed by atoms with E-state index in [1.165, 1.54) is 18.2 Å². The lowest BCUT2D eigenvalue weighted by Gasteiger charge is -2.00. The Morgan fingerprint density at radius 2 is 1.80 bits per heavy atom. The molecule has 2 rings (SSSR count). The van der Waals surface area contributed by atoms with Crippen LogP contribution < -0.4 is 5.56 Å². The highest BCUT2D eigenvalue weighted by molar-refractivity contribution is 7.71. The molecule has 0 unspecified atom stereocenters. The first-order valence-electron chi connectivity index (χ1n) is 4.25. The minimum atomic E-state index is -0.317. The molecule has 0 spiro atoms. The smallest absolute Gasteiger partial charge is 0.252 e. The molecule has 2 N–H and O–H groups in total. The van der Waals surface area contributed by atoms with Gasteiger partial charge in [0.25, 0.3) is 5.56 Å². The average Bonchev–Trinajstić information content (AvgIpc) is 2.17. The molecule has 1 aromatic heterocycles. The minimum absolute atomic E-state index is 0.252. The van der Waals surface area contributed by atoms with Crippen molar-refractivity contribution < 1.29 is 4.39 Å². The number of benzene rings is 1. The molecule has 1 aromatic carbocycles. The zero-order valence-electron chi connectivity index (χ0n) is 7.58. The Morgan fingerprint density at radius 3 is 2.40 bits per heavy atom. The fourth-order valence-corrected chi connectivity index (χ4v) is 1.46. The molecule has 2 aromatic rings. The Bertz CT molecular complexity index is 557. The molecule has 0 aliphatic heterocycles. The molecular weight excluding hydrogens is 215 g/mol. The summed E-state index contributed by atoms with van der Waals surface area (Å²) in [6.07, 6.45) is 0. The Balaban J connectivity index is 2.59. The van der Waals surface area contributed by atoms with Crippen LogP contribution in [0.2, 0.25) is 0 Å². The molecule has 1 heterocycles. The van der Waals surface area contributed by atoms with Gasteiger partial charge in [0.15, 0.2) is 4.77 Å². The summed E-state index contributed by atoms with van der Waals surface area (Å²) in [5.41, 5.74) is 1.01. The Kier molecular flexibility index (Phi) is 2.47. The van der Waals surface area contributed by atoms with Crippen LogP contribution in [0.15, 0.2) is 35.1 Å². The summed E-state index contributed by atoms with van der Waals surface area (Å²) in [5.74, 6) is -0.317. The van der Waals surface area contributed by atoms with E-state index in [-0.39, 0.29) is 16.1 Å². The van der Waals surface area contributed by atoms with Gasteiger partial charge in [-0.25, -0.2) is 4.39 Å². The zero-order chi connectivity index (χ0) is 10.8. The van der Waals surface area contributed by atoms with Gasteiger partial charge in [0, 0.05) is 6.07 Å². The van der Waals surface area contributed by atoms with E-state index in [0.29, 0.717) is 11.3 Å². The van der Waals surface area contributed by atoms with Gasteiger partial charge in [-0.15, -0.1) is 0 Å². The number of hydrogen-bond acceptors (Lipinski definition) is 2. The maximum Gasteiger partial charge on any atom is 0.252 e. The number of nitrogens with one attached hydrogen (secondary N) is 2. The molecule has 0 bridgehead atoms. The van der Waals surface area contributed by atoms with E-state index in [1.807, 2.05) is 0 Å². The number of halogens is 1. The van der Waals surface area contributed by atoms with Crippen LogP contribution in [0.25, 0.3) is 11.3 Å². The second-order valence-electron chi connectivity index (χ2n) is 3.01. The molecule has 0 aliphatic rings. The van der Waals surface area contributed by atoms with Crippen LogP contribution in [0.4, 0.5) is 4.39 Å². The van der Waals surface area contributed by atoms with E-state index < -0.39 is 0 Å². The largest absolute Gasteiger partial charge is 0.332 e. The van der Waals surface area contributed by atoms with Gasteiger partial charge >= 0.3 is 0 Å². The van der Waals surface area contributed by atoms with E-state index in [4.69, 9.17) is 12.2 Å². The van der Waals surface area contributed by atoms with Crippen LogP contribution in [0.5, 0.6) is 0 Å². The Hall–Kier alpha value is -1.75. The summed E-state index contributed by atoms with van der Waals surface area (Å²) in [6.45, 7) is 0. The summed E-state index contributed by atoms with van der Waals surface area (Å²) in [5, 5.41) is 0. The van der Waals surface area contributed by atoms with Crippen molar-refractivity contribution in [1.82, 2.24) is 9.97 Å². The fraction of sp³-hybridized carbons (Fsp3) is 0. The molecule has 0 radical (unpaired) electrons. The number of rotatable bonds is 1. The van der Waals surface area contributed by atoms with Crippen LogP contribution in [0, 0.1) is 10.6 Å². The third kappa shape index (κ3) is 2.19. The molecule has 5 heteroatoms. The van der Waals surface area contributed by atoms with Gasteiger partial charge in [0.05, 0.1) is 5.69 Å².